The van der Waals surface area contributed by atoms with E-state index in [1.807, 2.05) is 74.5 Å². The highest BCUT2D eigenvalue weighted by atomic mass is 32.2. The standard InChI is InChI=1S/C26H30O6S/c1-21-13-15-25(16-14-21)33(27,28)32-18-17-29-26(31-20-24-11-7-4-8-12-24)22(2)30-19-23-9-5-3-6-10-23/h3-16,22,26H,17-20H2,1-2H3. The monoisotopic (exact) mass is 470 g/mol. The van der Waals surface area contributed by atoms with Gasteiger partial charge in [0, 0.05) is 0 Å². The predicted octanol–water partition coefficient (Wildman–Crippen LogP) is 4.87. The van der Waals surface area contributed by atoms with Crippen molar-refractivity contribution in [3.63, 3.8) is 0 Å². The van der Waals surface area contributed by atoms with Gasteiger partial charge in [0.1, 0.15) is 6.10 Å². The minimum Gasteiger partial charge on any atom is -0.369 e. The third-order valence-electron chi connectivity index (χ3n) is 4.91. The minimum absolute atomic E-state index is 0.0313. The van der Waals surface area contributed by atoms with Gasteiger partial charge >= 0.3 is 0 Å². The van der Waals surface area contributed by atoms with Crippen LogP contribution < -0.4 is 0 Å². The van der Waals surface area contributed by atoms with E-state index in [9.17, 15) is 8.42 Å². The number of ether oxygens (including phenoxy) is 3. The minimum atomic E-state index is -3.85. The molecular formula is C26H30O6S. The molecule has 0 heterocycles. The summed E-state index contributed by atoms with van der Waals surface area (Å²) in [7, 11) is -3.85. The third kappa shape index (κ3) is 8.38. The predicted molar refractivity (Wildman–Crippen MR) is 126 cm³/mol. The highest BCUT2D eigenvalue weighted by molar-refractivity contribution is 7.86. The van der Waals surface area contributed by atoms with E-state index in [0.717, 1.165) is 16.7 Å². The number of benzene rings is 3. The molecule has 0 radical (unpaired) electrons. The van der Waals surface area contributed by atoms with Crippen molar-refractivity contribution in [1.29, 1.82) is 0 Å². The van der Waals surface area contributed by atoms with E-state index >= 15 is 0 Å². The van der Waals surface area contributed by atoms with Crippen molar-refractivity contribution in [2.45, 2.75) is 44.4 Å². The molecule has 6 nitrogen and oxygen atoms in total. The smallest absolute Gasteiger partial charge is 0.297 e. The molecule has 0 fully saturated rings. The van der Waals surface area contributed by atoms with E-state index in [1.165, 1.54) is 12.1 Å². The summed E-state index contributed by atoms with van der Waals surface area (Å²) in [4.78, 5) is 0.115. The van der Waals surface area contributed by atoms with Gasteiger partial charge in [0.15, 0.2) is 6.29 Å². The molecular weight excluding hydrogens is 440 g/mol. The molecule has 0 saturated heterocycles. The normalized spacial score (nSPS) is 13.5. The van der Waals surface area contributed by atoms with E-state index < -0.39 is 16.4 Å². The Labute approximate surface area is 196 Å². The molecule has 2 unspecified atom stereocenters. The van der Waals surface area contributed by atoms with Crippen molar-refractivity contribution >= 4 is 10.1 Å². The van der Waals surface area contributed by atoms with Crippen molar-refractivity contribution in [1.82, 2.24) is 0 Å². The van der Waals surface area contributed by atoms with Gasteiger partial charge in [-0.15, -0.1) is 0 Å². The second kappa shape index (κ2) is 12.6. The van der Waals surface area contributed by atoms with Crippen LogP contribution in [0.1, 0.15) is 23.6 Å². The summed E-state index contributed by atoms with van der Waals surface area (Å²) >= 11 is 0. The molecule has 3 aromatic rings. The second-order valence-electron chi connectivity index (χ2n) is 7.63. The second-order valence-corrected chi connectivity index (χ2v) is 9.24. The van der Waals surface area contributed by atoms with Crippen molar-refractivity contribution in [2.75, 3.05) is 13.2 Å². The number of hydrogen-bond acceptors (Lipinski definition) is 6. The van der Waals surface area contributed by atoms with Crippen molar-refractivity contribution in [3.8, 4) is 0 Å². The Balaban J connectivity index is 1.54. The quantitative estimate of drug-likeness (QED) is 0.202. The first kappa shape index (κ1) is 25.1. The van der Waals surface area contributed by atoms with Crippen LogP contribution in [0.15, 0.2) is 89.8 Å². The maximum absolute atomic E-state index is 12.4. The van der Waals surface area contributed by atoms with Gasteiger partial charge in [-0.1, -0.05) is 78.4 Å². The molecule has 3 aromatic carbocycles. The van der Waals surface area contributed by atoms with Crippen LogP contribution in [-0.2, 0) is 41.7 Å². The molecule has 0 aliphatic carbocycles. The van der Waals surface area contributed by atoms with Crippen LogP contribution in [0, 0.1) is 6.92 Å². The molecule has 2 atom stereocenters. The summed E-state index contributed by atoms with van der Waals surface area (Å²) in [5.74, 6) is 0. The Morgan fingerprint density at radius 2 is 1.24 bits per heavy atom. The van der Waals surface area contributed by atoms with Crippen LogP contribution in [0.2, 0.25) is 0 Å². The van der Waals surface area contributed by atoms with Crippen LogP contribution >= 0.6 is 0 Å². The van der Waals surface area contributed by atoms with Gasteiger partial charge in [-0.25, -0.2) is 0 Å². The Bertz CT molecular complexity index is 1050. The number of aryl methyl sites for hydroxylation is 1. The van der Waals surface area contributed by atoms with Gasteiger partial charge in [-0.3, -0.25) is 4.18 Å². The summed E-state index contributed by atoms with van der Waals surface area (Å²) in [6.07, 6.45) is -1.08. The first-order chi connectivity index (χ1) is 15.9. The fourth-order valence-corrected chi connectivity index (χ4v) is 3.93. The van der Waals surface area contributed by atoms with Gasteiger partial charge in [0.25, 0.3) is 10.1 Å². The molecule has 33 heavy (non-hydrogen) atoms. The van der Waals surface area contributed by atoms with E-state index in [0.29, 0.717) is 13.2 Å². The van der Waals surface area contributed by atoms with Gasteiger partial charge < -0.3 is 14.2 Å². The highest BCUT2D eigenvalue weighted by Gasteiger charge is 2.21. The maximum atomic E-state index is 12.4. The first-order valence-electron chi connectivity index (χ1n) is 10.8. The Hall–Kier alpha value is -2.55. The molecule has 176 valence electrons. The van der Waals surface area contributed by atoms with E-state index in [1.54, 1.807) is 12.1 Å². The van der Waals surface area contributed by atoms with Crippen molar-refractivity contribution < 1.29 is 26.8 Å². The molecule has 0 N–H and O–H groups in total. The lowest BCUT2D eigenvalue weighted by Crippen LogP contribution is -2.33. The SMILES string of the molecule is Cc1ccc(S(=O)(=O)OCCOC(OCc2ccccc2)C(C)OCc2ccccc2)cc1. The van der Waals surface area contributed by atoms with Gasteiger partial charge in [-0.05, 0) is 37.1 Å². The summed E-state index contributed by atoms with van der Waals surface area (Å²) in [6, 6.07) is 26.1. The molecule has 0 amide bonds. The van der Waals surface area contributed by atoms with Gasteiger partial charge in [0.2, 0.25) is 0 Å². The van der Waals surface area contributed by atoms with Gasteiger partial charge in [-0.2, -0.15) is 8.42 Å². The average molecular weight is 471 g/mol. The highest BCUT2D eigenvalue weighted by Crippen LogP contribution is 2.15. The Morgan fingerprint density at radius 1 is 0.697 bits per heavy atom. The summed E-state index contributed by atoms with van der Waals surface area (Å²) in [6.45, 7) is 4.41. The summed E-state index contributed by atoms with van der Waals surface area (Å²) in [5.41, 5.74) is 3.01. The van der Waals surface area contributed by atoms with Crippen LogP contribution in [-0.4, -0.2) is 34.0 Å². The average Bonchev–Trinajstić information content (AvgIpc) is 2.83. The topological polar surface area (TPSA) is 71.1 Å². The molecule has 0 aliphatic heterocycles. The van der Waals surface area contributed by atoms with E-state index in [4.69, 9.17) is 18.4 Å². The molecule has 0 aromatic heterocycles. The zero-order chi connectivity index (χ0) is 23.5. The molecule has 7 heteroatoms. The van der Waals surface area contributed by atoms with E-state index in [2.05, 4.69) is 0 Å². The number of rotatable bonds is 13. The lowest BCUT2D eigenvalue weighted by Gasteiger charge is -2.25. The Kier molecular flexibility index (Phi) is 9.60. The van der Waals surface area contributed by atoms with Crippen molar-refractivity contribution in [3.05, 3.63) is 102 Å². The maximum Gasteiger partial charge on any atom is 0.297 e. The molecule has 3 rings (SSSR count). The summed E-state index contributed by atoms with van der Waals surface area (Å²) in [5, 5.41) is 0. The van der Waals surface area contributed by atoms with Crippen LogP contribution in [0.25, 0.3) is 0 Å². The van der Waals surface area contributed by atoms with Crippen LogP contribution in [0.5, 0.6) is 0 Å². The zero-order valence-corrected chi connectivity index (χ0v) is 19.7. The molecule has 0 aliphatic rings. The summed E-state index contributed by atoms with van der Waals surface area (Å²) < 4.78 is 47.6. The Morgan fingerprint density at radius 3 is 1.82 bits per heavy atom. The number of hydrogen-bond donors (Lipinski definition) is 0. The first-order valence-corrected chi connectivity index (χ1v) is 12.2. The van der Waals surface area contributed by atoms with E-state index in [-0.39, 0.29) is 24.2 Å². The lowest BCUT2D eigenvalue weighted by molar-refractivity contribution is -0.212. The zero-order valence-electron chi connectivity index (χ0n) is 18.9. The molecule has 0 spiro atoms. The van der Waals surface area contributed by atoms with Crippen LogP contribution in [0.3, 0.4) is 0 Å². The van der Waals surface area contributed by atoms with Crippen LogP contribution in [0.4, 0.5) is 0 Å². The third-order valence-corrected chi connectivity index (χ3v) is 6.24. The van der Waals surface area contributed by atoms with Crippen molar-refractivity contribution in [2.24, 2.45) is 0 Å². The fraction of sp³-hybridized carbons (Fsp3) is 0.308. The molecule has 0 bridgehead atoms. The largest absolute Gasteiger partial charge is 0.369 e. The fourth-order valence-electron chi connectivity index (χ4n) is 3.03. The van der Waals surface area contributed by atoms with Gasteiger partial charge in [0.05, 0.1) is 31.3 Å². The lowest BCUT2D eigenvalue weighted by atomic mass is 10.2. The molecule has 0 saturated carbocycles.